The molecule has 0 bridgehead atoms. The van der Waals surface area contributed by atoms with Crippen LogP contribution >= 0.6 is 11.8 Å². The van der Waals surface area contributed by atoms with E-state index in [0.29, 0.717) is 5.95 Å². The van der Waals surface area contributed by atoms with Gasteiger partial charge in [-0.2, -0.15) is 0 Å². The lowest BCUT2D eigenvalue weighted by atomic mass is 10.3. The molecule has 0 saturated heterocycles. The van der Waals surface area contributed by atoms with Gasteiger partial charge in [0.2, 0.25) is 5.95 Å². The predicted octanol–water partition coefficient (Wildman–Crippen LogP) is 3.38. The average Bonchev–Trinajstić information content (AvgIpc) is 2.32. The highest BCUT2D eigenvalue weighted by Crippen LogP contribution is 2.28. The second-order valence-electron chi connectivity index (χ2n) is 4.44. The Morgan fingerprint density at radius 2 is 1.95 bits per heavy atom. The zero-order valence-electron chi connectivity index (χ0n) is 11.7. The Labute approximate surface area is 118 Å². The van der Waals surface area contributed by atoms with Crippen molar-refractivity contribution in [3.8, 4) is 0 Å². The van der Waals surface area contributed by atoms with E-state index in [1.165, 1.54) is 5.56 Å². The molecule has 0 aliphatic carbocycles. The van der Waals surface area contributed by atoms with Gasteiger partial charge in [-0.15, -0.1) is 0 Å². The summed E-state index contributed by atoms with van der Waals surface area (Å²) < 4.78 is 0. The topological polar surface area (TPSA) is 50.7 Å². The van der Waals surface area contributed by atoms with E-state index in [-0.39, 0.29) is 0 Å². The van der Waals surface area contributed by atoms with Crippen molar-refractivity contribution >= 4 is 17.7 Å². The van der Waals surface area contributed by atoms with Gasteiger partial charge in [-0.25, -0.2) is 15.0 Å². The van der Waals surface area contributed by atoms with Gasteiger partial charge in [-0.1, -0.05) is 0 Å². The lowest BCUT2D eigenvalue weighted by molar-refractivity contribution is 0.974. The van der Waals surface area contributed by atoms with Crippen LogP contribution in [0.25, 0.3) is 0 Å². The summed E-state index contributed by atoms with van der Waals surface area (Å²) in [5, 5.41) is 5.05. The largest absolute Gasteiger partial charge is 0.354 e. The summed E-state index contributed by atoms with van der Waals surface area (Å²) in [5.41, 5.74) is 3.31. The van der Waals surface area contributed by atoms with Gasteiger partial charge in [0, 0.05) is 24.0 Å². The Bertz CT molecular complexity index is 563. The number of anilines is 1. The zero-order chi connectivity index (χ0) is 13.8. The summed E-state index contributed by atoms with van der Waals surface area (Å²) in [6.45, 7) is 8.95. The van der Waals surface area contributed by atoms with Crippen LogP contribution in [0.2, 0.25) is 0 Å². The number of hydrogen-bond acceptors (Lipinski definition) is 5. The van der Waals surface area contributed by atoms with Crippen molar-refractivity contribution < 1.29 is 0 Å². The van der Waals surface area contributed by atoms with Gasteiger partial charge >= 0.3 is 0 Å². The Morgan fingerprint density at radius 3 is 2.63 bits per heavy atom. The van der Waals surface area contributed by atoms with Gasteiger partial charge in [-0.3, -0.25) is 0 Å². The smallest absolute Gasteiger partial charge is 0.223 e. The lowest BCUT2D eigenvalue weighted by Gasteiger charge is -2.08. The Morgan fingerprint density at radius 1 is 1.16 bits per heavy atom. The fourth-order valence-corrected chi connectivity index (χ4v) is 2.71. The molecule has 2 aromatic rings. The Hall–Kier alpha value is -1.62. The number of nitrogens with zero attached hydrogens (tertiary/aromatic N) is 3. The predicted molar refractivity (Wildman–Crippen MR) is 78.8 cm³/mol. The van der Waals surface area contributed by atoms with Crippen LogP contribution < -0.4 is 5.32 Å². The van der Waals surface area contributed by atoms with E-state index in [1.807, 2.05) is 27.0 Å². The highest BCUT2D eigenvalue weighted by atomic mass is 32.2. The van der Waals surface area contributed by atoms with Crippen molar-refractivity contribution in [3.63, 3.8) is 0 Å². The maximum Gasteiger partial charge on any atom is 0.223 e. The van der Waals surface area contributed by atoms with Gasteiger partial charge in [0.05, 0.1) is 0 Å². The molecule has 0 aliphatic heterocycles. The normalized spacial score (nSPS) is 10.5. The maximum absolute atomic E-state index is 4.53. The van der Waals surface area contributed by atoms with Gasteiger partial charge in [0.15, 0.2) is 0 Å². The summed E-state index contributed by atoms with van der Waals surface area (Å²) in [4.78, 5) is 13.3. The van der Waals surface area contributed by atoms with E-state index in [0.717, 1.165) is 27.9 Å². The second kappa shape index (κ2) is 6.02. The van der Waals surface area contributed by atoms with E-state index in [4.69, 9.17) is 0 Å². The molecule has 5 heteroatoms. The van der Waals surface area contributed by atoms with Crippen LogP contribution in [0.4, 0.5) is 5.95 Å². The minimum atomic E-state index is 0.667. The second-order valence-corrected chi connectivity index (χ2v) is 5.45. The maximum atomic E-state index is 4.53. The molecular formula is C14H18N4S. The summed E-state index contributed by atoms with van der Waals surface area (Å²) in [6.07, 6.45) is 1.84. The molecular weight excluding hydrogens is 256 g/mol. The van der Waals surface area contributed by atoms with Crippen molar-refractivity contribution in [2.24, 2.45) is 0 Å². The third-order valence-electron chi connectivity index (χ3n) is 2.54. The van der Waals surface area contributed by atoms with Crippen LogP contribution in [0.5, 0.6) is 0 Å². The highest BCUT2D eigenvalue weighted by Gasteiger charge is 2.07. The minimum Gasteiger partial charge on any atom is -0.354 e. The van der Waals surface area contributed by atoms with E-state index >= 15 is 0 Å². The van der Waals surface area contributed by atoms with Crippen molar-refractivity contribution in [3.05, 3.63) is 35.2 Å². The lowest BCUT2D eigenvalue weighted by Crippen LogP contribution is -2.03. The number of pyridine rings is 1. The molecule has 2 rings (SSSR count). The fraction of sp³-hybridized carbons (Fsp3) is 0.357. The van der Waals surface area contributed by atoms with Crippen molar-refractivity contribution in [2.75, 3.05) is 11.9 Å². The van der Waals surface area contributed by atoms with Crippen LogP contribution in [-0.2, 0) is 0 Å². The molecule has 2 aromatic heterocycles. The third kappa shape index (κ3) is 3.67. The van der Waals surface area contributed by atoms with Crippen LogP contribution in [0, 0.1) is 20.8 Å². The summed E-state index contributed by atoms with van der Waals surface area (Å²) in [7, 11) is 0. The molecule has 0 radical (unpaired) electrons. The number of aromatic nitrogens is 3. The van der Waals surface area contributed by atoms with Gasteiger partial charge in [-0.05, 0) is 57.2 Å². The first-order valence-electron chi connectivity index (χ1n) is 6.29. The molecule has 1 N–H and O–H groups in total. The van der Waals surface area contributed by atoms with E-state index < -0.39 is 0 Å². The SMILES string of the molecule is CCNc1ncc(C)c(Sc2cc(C)cc(C)n2)n1. The van der Waals surface area contributed by atoms with Gasteiger partial charge in [0.1, 0.15) is 10.1 Å². The Kier molecular flexibility index (Phi) is 4.37. The number of aryl methyl sites for hydroxylation is 3. The number of hydrogen-bond donors (Lipinski definition) is 1. The molecule has 0 fully saturated rings. The first-order chi connectivity index (χ1) is 9.08. The molecule has 0 amide bonds. The summed E-state index contributed by atoms with van der Waals surface area (Å²) >= 11 is 1.58. The molecule has 0 unspecified atom stereocenters. The highest BCUT2D eigenvalue weighted by molar-refractivity contribution is 7.99. The zero-order valence-corrected chi connectivity index (χ0v) is 12.5. The van der Waals surface area contributed by atoms with Crippen LogP contribution in [0.1, 0.15) is 23.7 Å². The first-order valence-corrected chi connectivity index (χ1v) is 7.11. The van der Waals surface area contributed by atoms with Gasteiger partial charge in [0.25, 0.3) is 0 Å². The quantitative estimate of drug-likeness (QED) is 0.866. The molecule has 0 aromatic carbocycles. The summed E-state index contributed by atoms with van der Waals surface area (Å²) in [6, 6.07) is 4.15. The average molecular weight is 274 g/mol. The molecule has 0 atom stereocenters. The molecule has 0 aliphatic rings. The molecule has 0 saturated carbocycles. The number of nitrogens with one attached hydrogen (secondary N) is 1. The molecule has 4 nitrogen and oxygen atoms in total. The standard InChI is InChI=1S/C14H18N4S/c1-5-15-14-16-8-10(3)13(18-14)19-12-7-9(2)6-11(4)17-12/h6-8H,5H2,1-4H3,(H,15,16,18). The fourth-order valence-electron chi connectivity index (χ4n) is 1.73. The van der Waals surface area contributed by atoms with Gasteiger partial charge < -0.3 is 5.32 Å². The van der Waals surface area contributed by atoms with Crippen molar-refractivity contribution in [1.29, 1.82) is 0 Å². The summed E-state index contributed by atoms with van der Waals surface area (Å²) in [5.74, 6) is 0.667. The van der Waals surface area contributed by atoms with Crippen molar-refractivity contribution in [1.82, 2.24) is 15.0 Å². The number of rotatable bonds is 4. The monoisotopic (exact) mass is 274 g/mol. The molecule has 0 spiro atoms. The van der Waals surface area contributed by atoms with E-state index in [1.54, 1.807) is 11.8 Å². The third-order valence-corrected chi connectivity index (χ3v) is 3.56. The van der Waals surface area contributed by atoms with Crippen LogP contribution in [0.3, 0.4) is 0 Å². The van der Waals surface area contributed by atoms with Crippen LogP contribution in [-0.4, -0.2) is 21.5 Å². The van der Waals surface area contributed by atoms with Crippen molar-refractivity contribution in [2.45, 2.75) is 37.7 Å². The minimum absolute atomic E-state index is 0.667. The Balaban J connectivity index is 2.28. The molecule has 100 valence electrons. The van der Waals surface area contributed by atoms with E-state index in [9.17, 15) is 0 Å². The first kappa shape index (κ1) is 13.8. The molecule has 19 heavy (non-hydrogen) atoms. The van der Waals surface area contributed by atoms with E-state index in [2.05, 4.69) is 39.3 Å². The van der Waals surface area contributed by atoms with Crippen LogP contribution in [0.15, 0.2) is 28.4 Å². The molecule has 2 heterocycles.